The number of amides is 4. The average Bonchev–Trinajstić information content (AvgIpc) is 3.94. The van der Waals surface area contributed by atoms with Crippen molar-refractivity contribution >= 4 is 40.6 Å². The molecule has 0 saturated carbocycles. The Labute approximate surface area is 403 Å². The number of aromatic nitrogens is 5. The van der Waals surface area contributed by atoms with E-state index in [0.29, 0.717) is 49.2 Å². The number of cyclic esters (lactones) is 1. The first kappa shape index (κ1) is 50.2. The monoisotopic (exact) mass is 947 g/mol. The lowest BCUT2D eigenvalue weighted by atomic mass is 9.84. The van der Waals surface area contributed by atoms with Crippen LogP contribution in [-0.2, 0) is 54.5 Å². The van der Waals surface area contributed by atoms with Crippen LogP contribution in [0.25, 0.3) is 33.3 Å². The molecule has 0 unspecified atom stereocenters. The number of carbonyl (C=O) groups is 5. The molecule has 69 heavy (non-hydrogen) atoms. The molecule has 6 bridgehead atoms. The highest BCUT2D eigenvalue weighted by atomic mass is 16.5. The van der Waals surface area contributed by atoms with E-state index in [1.807, 2.05) is 32.0 Å². The molecule has 0 spiro atoms. The fraction of sp³-hybridized carbons (Fsp3) is 0.490. The van der Waals surface area contributed by atoms with E-state index in [1.54, 1.807) is 39.3 Å². The van der Waals surface area contributed by atoms with Crippen LogP contribution >= 0.6 is 0 Å². The number of benzene rings is 2. The number of phenols is 1. The Morgan fingerprint density at radius 2 is 1.81 bits per heavy atom. The summed E-state index contributed by atoms with van der Waals surface area (Å²) < 4.78 is 15.3. The Morgan fingerprint density at radius 3 is 2.51 bits per heavy atom. The van der Waals surface area contributed by atoms with Gasteiger partial charge in [-0.05, 0) is 97.7 Å². The topological polar surface area (TPSA) is 206 Å². The second-order valence-electron chi connectivity index (χ2n) is 19.3. The summed E-state index contributed by atoms with van der Waals surface area (Å²) >= 11 is 0. The number of carbonyl (C=O) groups excluding carboxylic acids is 5. The van der Waals surface area contributed by atoms with Crippen LogP contribution in [-0.4, -0.2) is 133 Å². The van der Waals surface area contributed by atoms with Crippen molar-refractivity contribution in [2.45, 2.75) is 111 Å². The fourth-order valence-corrected chi connectivity index (χ4v) is 9.51. The number of hydrazine groups is 1. The molecule has 2 aromatic carbocycles. The third-order valence-electron chi connectivity index (χ3n) is 13.1. The van der Waals surface area contributed by atoms with Crippen LogP contribution in [0.1, 0.15) is 90.1 Å². The third kappa shape index (κ3) is 10.8. The van der Waals surface area contributed by atoms with E-state index in [0.717, 1.165) is 43.7 Å². The minimum absolute atomic E-state index is 0.0315. The maximum Gasteiger partial charge on any atom is 0.346 e. The van der Waals surface area contributed by atoms with E-state index in [4.69, 9.17) is 14.5 Å². The van der Waals surface area contributed by atoms with Gasteiger partial charge in [-0.25, -0.2) is 15.2 Å². The lowest BCUT2D eigenvalue weighted by molar-refractivity contribution is -0.155. The molecule has 5 aromatic rings. The molecule has 4 atom stereocenters. The van der Waals surface area contributed by atoms with E-state index in [1.165, 1.54) is 35.2 Å². The van der Waals surface area contributed by atoms with Gasteiger partial charge in [-0.3, -0.25) is 29.2 Å². The van der Waals surface area contributed by atoms with Crippen molar-refractivity contribution in [2.24, 2.45) is 11.3 Å². The van der Waals surface area contributed by atoms with Gasteiger partial charge in [0.15, 0.2) is 5.82 Å². The van der Waals surface area contributed by atoms with Gasteiger partial charge < -0.3 is 34.3 Å². The number of ether oxygens (including phenoxy) is 2. The summed E-state index contributed by atoms with van der Waals surface area (Å²) in [4.78, 5) is 81.5. The second-order valence-corrected chi connectivity index (χ2v) is 19.3. The van der Waals surface area contributed by atoms with Crippen molar-refractivity contribution in [3.8, 4) is 28.1 Å². The van der Waals surface area contributed by atoms with Crippen LogP contribution in [0.15, 0.2) is 61.1 Å². The van der Waals surface area contributed by atoms with Crippen molar-refractivity contribution in [2.75, 3.05) is 40.9 Å². The summed E-state index contributed by atoms with van der Waals surface area (Å²) in [6.45, 7) is 14.3. The van der Waals surface area contributed by atoms with Crippen molar-refractivity contribution in [3.05, 3.63) is 83.7 Å². The lowest BCUT2D eigenvalue weighted by Crippen LogP contribution is -2.62. The summed E-state index contributed by atoms with van der Waals surface area (Å²) in [7, 11) is 4.61. The molecule has 5 heterocycles. The maximum atomic E-state index is 14.7. The first-order chi connectivity index (χ1) is 32.8. The van der Waals surface area contributed by atoms with Gasteiger partial charge >= 0.3 is 12.0 Å². The molecule has 3 aromatic heterocycles. The SMILES string of the molecule is CCc1ncn(C(=O)N(C)CC(=O)N(C)[C@H](C(=O)N[C@H]2Cc3cc(O)cc(c3)-c3ccc4c(c3)c(c(-c3cccnc3[C@H](C)OC)n4CC)CC(C)(C)COC(=O)[C@@H]3CCCN(N3)C2=O)C(C)C)n1. The van der Waals surface area contributed by atoms with Crippen LogP contribution in [0.2, 0.25) is 0 Å². The highest BCUT2D eigenvalue weighted by molar-refractivity contribution is 5.96. The lowest BCUT2D eigenvalue weighted by Gasteiger charge is -2.37. The zero-order chi connectivity index (χ0) is 49.9. The number of aryl methyl sites for hydroxylation is 2. The first-order valence-electron chi connectivity index (χ1n) is 23.8. The van der Waals surface area contributed by atoms with Gasteiger partial charge in [0.25, 0.3) is 5.91 Å². The maximum absolute atomic E-state index is 14.7. The molecule has 3 N–H and O–H groups in total. The van der Waals surface area contributed by atoms with Gasteiger partial charge in [-0.15, -0.1) is 5.10 Å². The van der Waals surface area contributed by atoms with Gasteiger partial charge in [0.05, 0.1) is 24.1 Å². The number of hydrogen-bond donors (Lipinski definition) is 3. The normalized spacial score (nSPS) is 18.3. The zero-order valence-corrected chi connectivity index (χ0v) is 41.4. The Bertz CT molecular complexity index is 2730. The fourth-order valence-electron chi connectivity index (χ4n) is 9.51. The number of nitrogens with one attached hydrogen (secondary N) is 2. The number of nitrogens with zero attached hydrogens (tertiary/aromatic N) is 8. The van der Waals surface area contributed by atoms with Crippen LogP contribution in [0.3, 0.4) is 0 Å². The van der Waals surface area contributed by atoms with Crippen molar-refractivity contribution < 1.29 is 38.6 Å². The van der Waals surface area contributed by atoms with Crippen LogP contribution in [0.4, 0.5) is 4.79 Å². The Balaban J connectivity index is 1.28. The minimum Gasteiger partial charge on any atom is -0.508 e. The molecule has 368 valence electrons. The highest BCUT2D eigenvalue weighted by Gasteiger charge is 2.38. The first-order valence-corrected chi connectivity index (χ1v) is 23.8. The summed E-state index contributed by atoms with van der Waals surface area (Å²) in [5, 5.41) is 20.8. The molecule has 0 aliphatic carbocycles. The molecule has 7 rings (SSSR count). The molecular weight excluding hydrogens is 881 g/mol. The number of hydrogen-bond acceptors (Lipinski definition) is 12. The van der Waals surface area contributed by atoms with Gasteiger partial charge in [0.1, 0.15) is 36.7 Å². The Kier molecular flexibility index (Phi) is 15.2. The summed E-state index contributed by atoms with van der Waals surface area (Å²) in [5.41, 5.74) is 9.39. The Hall–Kier alpha value is -6.66. The summed E-state index contributed by atoms with van der Waals surface area (Å²) in [5.74, 6) is -2.09. The average molecular weight is 947 g/mol. The van der Waals surface area contributed by atoms with E-state index >= 15 is 0 Å². The van der Waals surface area contributed by atoms with Gasteiger partial charge in [0, 0.05) is 75.2 Å². The number of phenolic OH excluding ortho intramolecular Hbond substituents is 1. The van der Waals surface area contributed by atoms with Gasteiger partial charge in [-0.1, -0.05) is 46.8 Å². The molecule has 4 amide bonds. The van der Waals surface area contributed by atoms with E-state index in [9.17, 15) is 29.1 Å². The van der Waals surface area contributed by atoms with E-state index in [2.05, 4.69) is 64.4 Å². The van der Waals surface area contributed by atoms with Crippen molar-refractivity contribution in [1.29, 1.82) is 0 Å². The van der Waals surface area contributed by atoms with E-state index < -0.39 is 59.2 Å². The summed E-state index contributed by atoms with van der Waals surface area (Å²) in [6.07, 6.45) is 4.69. The predicted molar refractivity (Wildman–Crippen MR) is 260 cm³/mol. The van der Waals surface area contributed by atoms with Gasteiger partial charge in [0.2, 0.25) is 11.8 Å². The number of esters is 1. The number of likely N-dealkylation sites (N-methyl/N-ethyl adjacent to an activating group) is 2. The number of aromatic hydroxyl groups is 1. The minimum atomic E-state index is -1.21. The summed E-state index contributed by atoms with van der Waals surface area (Å²) in [6, 6.07) is 11.7. The van der Waals surface area contributed by atoms with Crippen molar-refractivity contribution in [3.63, 3.8) is 0 Å². The van der Waals surface area contributed by atoms with Crippen LogP contribution < -0.4 is 10.7 Å². The molecule has 2 aliphatic rings. The van der Waals surface area contributed by atoms with Crippen LogP contribution in [0, 0.1) is 11.3 Å². The molecule has 0 radical (unpaired) electrons. The molecular formula is C51H66N10O8. The highest BCUT2D eigenvalue weighted by Crippen LogP contribution is 2.42. The molecule has 18 nitrogen and oxygen atoms in total. The number of fused-ring (bicyclic) bond motifs is 6. The third-order valence-corrected chi connectivity index (χ3v) is 13.1. The van der Waals surface area contributed by atoms with Crippen LogP contribution in [0.5, 0.6) is 5.75 Å². The number of pyridine rings is 1. The molecule has 2 aliphatic heterocycles. The molecule has 18 heteroatoms. The quantitative estimate of drug-likeness (QED) is 0.137. The standard InChI is InChI=1S/C51H66N10O8/c1-11-42-53-29-61(56-42)50(67)57(8)27-43(63)58(9)45(30(3)4)47(64)54-40-23-32-21-34(24-35(62)22-32)33-17-18-41-37(25-33)38(46(59(41)12-2)36-15-13-19-52-44(36)31(5)68-10)26-51(6,7)28-69-49(66)39-16-14-20-60(55-39)48(40)65/h13,15,17-19,21-22,24-25,29-31,39-40,45,55,62H,11-12,14,16,20,23,26-28H2,1-10H3,(H,54,64)/t31-,39-,40-,45-/m0/s1. The predicted octanol–water partition coefficient (Wildman–Crippen LogP) is 5.69. The molecule has 1 fully saturated rings. The Morgan fingerprint density at radius 1 is 1.04 bits per heavy atom. The second kappa shape index (κ2) is 20.9. The zero-order valence-electron chi connectivity index (χ0n) is 41.4. The van der Waals surface area contributed by atoms with Gasteiger partial charge in [-0.2, -0.15) is 4.68 Å². The van der Waals surface area contributed by atoms with E-state index in [-0.39, 0.29) is 38.0 Å². The molecule has 1 saturated heterocycles. The number of rotatable bonds is 11. The van der Waals surface area contributed by atoms with Crippen molar-refractivity contribution in [1.82, 2.24) is 49.9 Å². The largest absolute Gasteiger partial charge is 0.508 e. The smallest absolute Gasteiger partial charge is 0.346 e. The number of methoxy groups -OCH3 is 1.